The van der Waals surface area contributed by atoms with Gasteiger partial charge in [-0.3, -0.25) is 0 Å². The van der Waals surface area contributed by atoms with Crippen LogP contribution in [-0.2, 0) is 22.6 Å². The summed E-state index contributed by atoms with van der Waals surface area (Å²) in [6, 6.07) is 7.55. The van der Waals surface area contributed by atoms with E-state index in [-0.39, 0.29) is 0 Å². The molecule has 0 fully saturated rings. The number of carbonyl (C=O) groups is 1. The number of hydrogen-bond acceptors (Lipinski definition) is 3. The average molecular weight is 388 g/mol. The molecule has 4 nitrogen and oxygen atoms in total. The monoisotopic (exact) mass is 387 g/mol. The predicted octanol–water partition coefficient (Wildman–Crippen LogP) is 5.17. The van der Waals surface area contributed by atoms with Crippen molar-refractivity contribution in [2.45, 2.75) is 59.4 Å². The summed E-state index contributed by atoms with van der Waals surface area (Å²) in [5.74, 6) is -0.978. The smallest absolute Gasteiger partial charge is 0.337 e. The molecule has 27 heavy (non-hydrogen) atoms. The Morgan fingerprint density at radius 3 is 2.19 bits per heavy atom. The molecule has 1 aliphatic rings. The minimum Gasteiger partial charge on any atom is -0.479 e. The Bertz CT molecular complexity index is 882. The first-order chi connectivity index (χ1) is 12.6. The van der Waals surface area contributed by atoms with Crippen LogP contribution in [0.4, 0.5) is 0 Å². The van der Waals surface area contributed by atoms with Crippen molar-refractivity contribution < 1.29 is 14.6 Å². The predicted molar refractivity (Wildman–Crippen MR) is 108 cm³/mol. The number of aliphatic carboxylic acids is 1. The highest BCUT2D eigenvalue weighted by atomic mass is 35.5. The molecule has 0 radical (unpaired) electrons. The SMILES string of the molecule is Cc1c2c(c(C)c(C(OC(C)(C)C)C(=O)O)c1-c1ccc(Cl)cc1)CNC2. The zero-order chi connectivity index (χ0) is 19.9. The van der Waals surface area contributed by atoms with E-state index in [0.29, 0.717) is 5.02 Å². The standard InChI is InChI=1S/C22H26ClNO3/c1-12-16-10-24-11-17(16)13(2)19(20(21(25)26)27-22(3,4)5)18(12)14-6-8-15(23)9-7-14/h6-9,20,24H,10-11H2,1-5H3,(H,25,26). The first kappa shape index (κ1) is 19.9. The maximum absolute atomic E-state index is 12.2. The summed E-state index contributed by atoms with van der Waals surface area (Å²) in [6.45, 7) is 11.2. The summed E-state index contributed by atoms with van der Waals surface area (Å²) >= 11 is 6.08. The van der Waals surface area contributed by atoms with E-state index in [2.05, 4.69) is 12.2 Å². The van der Waals surface area contributed by atoms with Gasteiger partial charge in [0, 0.05) is 23.7 Å². The van der Waals surface area contributed by atoms with Gasteiger partial charge in [-0.15, -0.1) is 0 Å². The molecule has 144 valence electrons. The van der Waals surface area contributed by atoms with Gasteiger partial charge in [0.2, 0.25) is 0 Å². The molecule has 0 aliphatic carbocycles. The second-order valence-corrected chi connectivity index (χ2v) is 8.49. The first-order valence-corrected chi connectivity index (χ1v) is 9.50. The summed E-state index contributed by atoms with van der Waals surface area (Å²) in [6.07, 6.45) is -1.04. The largest absolute Gasteiger partial charge is 0.479 e. The molecule has 0 saturated heterocycles. The molecule has 0 spiro atoms. The fraction of sp³-hybridized carbons (Fsp3) is 0.409. The lowest BCUT2D eigenvalue weighted by Gasteiger charge is -2.30. The van der Waals surface area contributed by atoms with Crippen LogP contribution >= 0.6 is 11.6 Å². The van der Waals surface area contributed by atoms with Gasteiger partial charge in [-0.2, -0.15) is 0 Å². The molecule has 0 aromatic heterocycles. The van der Waals surface area contributed by atoms with Crippen molar-refractivity contribution in [2.75, 3.05) is 0 Å². The second-order valence-electron chi connectivity index (χ2n) is 8.05. The molecule has 0 amide bonds. The third-order valence-electron chi connectivity index (χ3n) is 5.01. The van der Waals surface area contributed by atoms with E-state index in [9.17, 15) is 9.90 Å². The molecule has 0 saturated carbocycles. The number of carboxylic acids is 1. The number of fused-ring (bicyclic) bond motifs is 1. The maximum Gasteiger partial charge on any atom is 0.337 e. The van der Waals surface area contributed by atoms with Crippen molar-refractivity contribution in [3.63, 3.8) is 0 Å². The number of ether oxygens (including phenoxy) is 1. The van der Waals surface area contributed by atoms with E-state index in [1.54, 1.807) is 0 Å². The van der Waals surface area contributed by atoms with Crippen molar-refractivity contribution in [2.24, 2.45) is 0 Å². The van der Waals surface area contributed by atoms with Crippen LogP contribution in [0.25, 0.3) is 11.1 Å². The number of nitrogens with one attached hydrogen (secondary N) is 1. The fourth-order valence-electron chi connectivity index (χ4n) is 3.85. The van der Waals surface area contributed by atoms with Gasteiger partial charge in [0.15, 0.2) is 6.10 Å². The Labute approximate surface area is 165 Å². The summed E-state index contributed by atoms with van der Waals surface area (Å²) in [4.78, 5) is 12.2. The van der Waals surface area contributed by atoms with Gasteiger partial charge in [0.1, 0.15) is 0 Å². The number of halogens is 1. The Balaban J connectivity index is 2.32. The lowest BCUT2D eigenvalue weighted by Crippen LogP contribution is -2.28. The van der Waals surface area contributed by atoms with E-state index in [4.69, 9.17) is 16.3 Å². The summed E-state index contributed by atoms with van der Waals surface area (Å²) < 4.78 is 6.02. The van der Waals surface area contributed by atoms with E-state index in [0.717, 1.165) is 40.9 Å². The van der Waals surface area contributed by atoms with Crippen molar-refractivity contribution in [3.05, 3.63) is 57.1 Å². The molecular weight excluding hydrogens is 362 g/mol. The lowest BCUT2D eigenvalue weighted by molar-refractivity contribution is -0.160. The van der Waals surface area contributed by atoms with Crippen LogP contribution < -0.4 is 5.32 Å². The molecule has 2 aromatic carbocycles. The number of benzene rings is 2. The van der Waals surface area contributed by atoms with E-state index >= 15 is 0 Å². The molecule has 5 heteroatoms. The number of carboxylic acid groups (broad SMARTS) is 1. The molecule has 0 bridgehead atoms. The normalized spacial score (nSPS) is 14.9. The van der Waals surface area contributed by atoms with Gasteiger partial charge in [-0.1, -0.05) is 23.7 Å². The highest BCUT2D eigenvalue weighted by Crippen LogP contribution is 2.42. The number of rotatable bonds is 4. The van der Waals surface area contributed by atoms with E-state index < -0.39 is 17.7 Å². The Morgan fingerprint density at radius 1 is 1.11 bits per heavy atom. The molecule has 1 heterocycles. The van der Waals surface area contributed by atoms with Gasteiger partial charge in [-0.25, -0.2) is 4.79 Å². The average Bonchev–Trinajstić information content (AvgIpc) is 3.06. The van der Waals surface area contributed by atoms with Gasteiger partial charge in [0.25, 0.3) is 0 Å². The molecule has 2 N–H and O–H groups in total. The molecule has 1 atom stereocenters. The minimum absolute atomic E-state index is 0.585. The summed E-state index contributed by atoms with van der Waals surface area (Å²) in [5.41, 5.74) is 6.56. The fourth-order valence-corrected chi connectivity index (χ4v) is 3.98. The Morgan fingerprint density at radius 2 is 1.67 bits per heavy atom. The Hall–Kier alpha value is -1.88. The highest BCUT2D eigenvalue weighted by molar-refractivity contribution is 6.30. The third-order valence-corrected chi connectivity index (χ3v) is 5.26. The first-order valence-electron chi connectivity index (χ1n) is 9.12. The molecule has 1 aliphatic heterocycles. The number of hydrogen-bond donors (Lipinski definition) is 2. The van der Waals surface area contributed by atoms with Crippen LogP contribution in [0.1, 0.15) is 54.7 Å². The van der Waals surface area contributed by atoms with Crippen LogP contribution in [0.2, 0.25) is 5.02 Å². The summed E-state index contributed by atoms with van der Waals surface area (Å²) in [7, 11) is 0. The zero-order valence-corrected chi connectivity index (χ0v) is 17.2. The molecule has 2 aromatic rings. The van der Waals surface area contributed by atoms with Gasteiger partial charge < -0.3 is 15.2 Å². The molecule has 3 rings (SSSR count). The molecular formula is C22H26ClNO3. The second kappa shape index (κ2) is 7.27. The maximum atomic E-state index is 12.2. The van der Waals surface area contributed by atoms with Crippen molar-refractivity contribution in [1.29, 1.82) is 0 Å². The molecule has 1 unspecified atom stereocenters. The lowest BCUT2D eigenvalue weighted by atomic mass is 9.83. The van der Waals surface area contributed by atoms with Crippen molar-refractivity contribution >= 4 is 17.6 Å². The topological polar surface area (TPSA) is 58.6 Å². The van der Waals surface area contributed by atoms with Crippen LogP contribution in [0, 0.1) is 13.8 Å². The third kappa shape index (κ3) is 3.88. The van der Waals surface area contributed by atoms with Crippen LogP contribution in [0.15, 0.2) is 24.3 Å². The van der Waals surface area contributed by atoms with Crippen LogP contribution in [0.3, 0.4) is 0 Å². The van der Waals surface area contributed by atoms with Gasteiger partial charge in [0.05, 0.1) is 5.60 Å². The zero-order valence-electron chi connectivity index (χ0n) is 16.4. The van der Waals surface area contributed by atoms with Crippen LogP contribution in [-0.4, -0.2) is 16.7 Å². The summed E-state index contributed by atoms with van der Waals surface area (Å²) in [5, 5.41) is 14.1. The minimum atomic E-state index is -1.04. The van der Waals surface area contributed by atoms with Gasteiger partial charge >= 0.3 is 5.97 Å². The van der Waals surface area contributed by atoms with Crippen molar-refractivity contribution in [3.8, 4) is 11.1 Å². The van der Waals surface area contributed by atoms with Crippen molar-refractivity contribution in [1.82, 2.24) is 5.32 Å². The van der Waals surface area contributed by atoms with E-state index in [1.165, 1.54) is 11.1 Å². The van der Waals surface area contributed by atoms with Crippen LogP contribution in [0.5, 0.6) is 0 Å². The quantitative estimate of drug-likeness (QED) is 0.760. The van der Waals surface area contributed by atoms with E-state index in [1.807, 2.05) is 52.0 Å². The highest BCUT2D eigenvalue weighted by Gasteiger charge is 2.34. The van der Waals surface area contributed by atoms with Gasteiger partial charge in [-0.05, 0) is 80.1 Å². The Kier molecular flexibility index (Phi) is 5.35.